The average molecular weight is 535 g/mol. The van der Waals surface area contributed by atoms with E-state index in [1.165, 1.54) is 16.4 Å². The fourth-order valence-corrected chi connectivity index (χ4v) is 3.91. The van der Waals surface area contributed by atoms with Crippen molar-refractivity contribution in [3.8, 4) is 0 Å². The molecule has 196 valence electrons. The molecule has 14 heteroatoms. The highest BCUT2D eigenvalue weighted by molar-refractivity contribution is 7.99. The third-order valence-corrected chi connectivity index (χ3v) is 5.57. The molecule has 3 rings (SSSR count). The number of benzene rings is 1. The van der Waals surface area contributed by atoms with Crippen molar-refractivity contribution in [2.45, 2.75) is 63.0 Å². The molecule has 3 aromatic rings. The zero-order valence-electron chi connectivity index (χ0n) is 19.8. The number of anilines is 1. The van der Waals surface area contributed by atoms with Crippen molar-refractivity contribution in [2.75, 3.05) is 11.9 Å². The molecule has 0 unspecified atom stereocenters. The van der Waals surface area contributed by atoms with Crippen molar-refractivity contribution < 1.29 is 31.1 Å². The van der Waals surface area contributed by atoms with E-state index in [4.69, 9.17) is 0 Å². The van der Waals surface area contributed by atoms with Gasteiger partial charge in [0.2, 0.25) is 0 Å². The number of halogens is 6. The van der Waals surface area contributed by atoms with Gasteiger partial charge in [0.05, 0.1) is 29.3 Å². The zero-order chi connectivity index (χ0) is 26.8. The van der Waals surface area contributed by atoms with Gasteiger partial charge in [0.25, 0.3) is 5.91 Å². The molecule has 0 spiro atoms. The van der Waals surface area contributed by atoms with Crippen LogP contribution in [-0.2, 0) is 18.9 Å². The molecule has 0 saturated heterocycles. The maximum Gasteiger partial charge on any atom is 0.416 e. The number of hydrogen-bond acceptors (Lipinski definition) is 6. The molecule has 0 aliphatic heterocycles. The number of nitrogens with zero attached hydrogens (tertiary/aromatic N) is 4. The van der Waals surface area contributed by atoms with Crippen LogP contribution in [0.1, 0.15) is 49.2 Å². The Morgan fingerprint density at radius 2 is 1.61 bits per heavy atom. The minimum atomic E-state index is -5.04. The molecule has 7 nitrogen and oxygen atoms in total. The molecular weight excluding hydrogens is 510 g/mol. The van der Waals surface area contributed by atoms with Crippen LogP contribution < -0.4 is 10.6 Å². The number of nitrogens with one attached hydrogen (secondary N) is 2. The lowest BCUT2D eigenvalue weighted by molar-refractivity contribution is -0.143. The first-order valence-electron chi connectivity index (χ1n) is 10.9. The second kappa shape index (κ2) is 10.5. The van der Waals surface area contributed by atoms with E-state index in [0.717, 1.165) is 0 Å². The molecule has 0 aliphatic carbocycles. The van der Waals surface area contributed by atoms with Crippen LogP contribution in [-0.4, -0.2) is 43.5 Å². The van der Waals surface area contributed by atoms with Crippen LogP contribution in [0, 0.1) is 0 Å². The number of aromatic nitrogens is 4. The third-order valence-electron chi connectivity index (χ3n) is 4.70. The fourth-order valence-electron chi connectivity index (χ4n) is 3.21. The lowest BCUT2D eigenvalue weighted by Gasteiger charge is -2.14. The van der Waals surface area contributed by atoms with E-state index in [9.17, 15) is 31.1 Å². The molecule has 2 heterocycles. The molecule has 0 fully saturated rings. The Morgan fingerprint density at radius 3 is 2.14 bits per heavy atom. The molecule has 0 bridgehead atoms. The number of thioether (sulfide) groups is 1. The van der Waals surface area contributed by atoms with Gasteiger partial charge in [-0.3, -0.25) is 4.79 Å². The summed E-state index contributed by atoms with van der Waals surface area (Å²) in [6, 6.07) is 0.833. The van der Waals surface area contributed by atoms with Crippen LogP contribution in [0.3, 0.4) is 0 Å². The van der Waals surface area contributed by atoms with Gasteiger partial charge in [-0.1, -0.05) is 25.6 Å². The zero-order valence-corrected chi connectivity index (χ0v) is 20.6. The van der Waals surface area contributed by atoms with Crippen molar-refractivity contribution >= 4 is 34.5 Å². The van der Waals surface area contributed by atoms with Crippen LogP contribution in [0.4, 0.5) is 32.2 Å². The normalized spacial score (nSPS) is 12.6. The van der Waals surface area contributed by atoms with E-state index in [-0.39, 0.29) is 30.4 Å². The first-order chi connectivity index (χ1) is 16.6. The Kier molecular flexibility index (Phi) is 8.06. The van der Waals surface area contributed by atoms with Gasteiger partial charge in [-0.05, 0) is 32.0 Å². The second-order valence-electron chi connectivity index (χ2n) is 8.48. The van der Waals surface area contributed by atoms with Gasteiger partial charge in [0.1, 0.15) is 5.82 Å². The van der Waals surface area contributed by atoms with Crippen LogP contribution in [0.25, 0.3) is 11.0 Å². The molecule has 36 heavy (non-hydrogen) atoms. The van der Waals surface area contributed by atoms with Crippen molar-refractivity contribution in [1.82, 2.24) is 25.1 Å². The summed E-state index contributed by atoms with van der Waals surface area (Å²) in [7, 11) is 0. The Morgan fingerprint density at radius 1 is 1.00 bits per heavy atom. The van der Waals surface area contributed by atoms with Crippen molar-refractivity contribution in [2.24, 2.45) is 0 Å². The largest absolute Gasteiger partial charge is 0.416 e. The molecule has 0 aliphatic rings. The lowest BCUT2D eigenvalue weighted by Crippen LogP contribution is -2.28. The van der Waals surface area contributed by atoms with Crippen LogP contribution in [0.15, 0.2) is 29.6 Å². The second-order valence-corrected chi connectivity index (χ2v) is 10.0. The van der Waals surface area contributed by atoms with E-state index in [1.54, 1.807) is 6.20 Å². The Labute approximate surface area is 207 Å². The standard InChI is InChI=1S/C22H24F6N6OS/c1-11(2)31-17-16-10-30-34(18(16)33-20(32-17)36-12(3)4)6-5-29-19(35)13-7-14(21(23,24)25)9-15(8-13)22(26,27)28/h7-12H,5-6H2,1-4H3,(H,29,35)(H,31,32,33). The Hall–Kier alpha value is -3.03. The molecule has 2 N–H and O–H groups in total. The summed E-state index contributed by atoms with van der Waals surface area (Å²) in [5, 5.41) is 11.2. The number of fused-ring (bicyclic) bond motifs is 1. The molecule has 1 aromatic carbocycles. The van der Waals surface area contributed by atoms with Gasteiger partial charge in [0, 0.05) is 23.4 Å². The van der Waals surface area contributed by atoms with E-state index >= 15 is 0 Å². The summed E-state index contributed by atoms with van der Waals surface area (Å²) in [5.74, 6) is -0.493. The van der Waals surface area contributed by atoms with Crippen molar-refractivity contribution in [3.63, 3.8) is 0 Å². The predicted molar refractivity (Wildman–Crippen MR) is 124 cm³/mol. The minimum absolute atomic E-state index is 0.0259. The van der Waals surface area contributed by atoms with E-state index in [1.807, 2.05) is 27.7 Å². The highest BCUT2D eigenvalue weighted by Crippen LogP contribution is 2.36. The van der Waals surface area contributed by atoms with Gasteiger partial charge >= 0.3 is 12.4 Å². The topological polar surface area (TPSA) is 84.7 Å². The quantitative estimate of drug-likeness (QED) is 0.222. The van der Waals surface area contributed by atoms with Crippen molar-refractivity contribution in [1.29, 1.82) is 0 Å². The number of alkyl halides is 6. The summed E-state index contributed by atoms with van der Waals surface area (Å²) in [6.07, 6.45) is -8.54. The molecule has 2 aromatic heterocycles. The molecule has 0 saturated carbocycles. The highest BCUT2D eigenvalue weighted by atomic mass is 32.2. The van der Waals surface area contributed by atoms with E-state index < -0.39 is 35.0 Å². The van der Waals surface area contributed by atoms with Gasteiger partial charge in [-0.25, -0.2) is 14.6 Å². The average Bonchev–Trinajstić information content (AvgIpc) is 3.14. The van der Waals surface area contributed by atoms with Gasteiger partial charge in [-0.2, -0.15) is 31.4 Å². The predicted octanol–water partition coefficient (Wildman–Crippen LogP) is 5.61. The number of hydrogen-bond donors (Lipinski definition) is 2. The lowest BCUT2D eigenvalue weighted by atomic mass is 10.0. The maximum atomic E-state index is 13.1. The van der Waals surface area contributed by atoms with Crippen LogP contribution in [0.2, 0.25) is 0 Å². The Balaban J connectivity index is 1.82. The SMILES string of the molecule is CC(C)Nc1nc(SC(C)C)nc2c1cnn2CCNC(=O)c1cc(C(F)(F)F)cc(C(F)(F)F)c1. The molecule has 0 atom stereocenters. The number of amides is 1. The number of carbonyl (C=O) groups excluding carboxylic acids is 1. The summed E-state index contributed by atoms with van der Waals surface area (Å²) in [4.78, 5) is 21.5. The van der Waals surface area contributed by atoms with Crippen LogP contribution in [0.5, 0.6) is 0 Å². The number of rotatable bonds is 8. The first-order valence-corrected chi connectivity index (χ1v) is 11.8. The molecular formula is C22H24F6N6OS. The van der Waals surface area contributed by atoms with Gasteiger partial charge in [0.15, 0.2) is 10.8 Å². The van der Waals surface area contributed by atoms with Crippen LogP contribution >= 0.6 is 11.8 Å². The summed E-state index contributed by atoms with van der Waals surface area (Å²) >= 11 is 1.44. The smallest absolute Gasteiger partial charge is 0.367 e. The highest BCUT2D eigenvalue weighted by Gasteiger charge is 2.37. The first kappa shape index (κ1) is 27.6. The number of carbonyl (C=O) groups is 1. The van der Waals surface area contributed by atoms with Gasteiger partial charge < -0.3 is 10.6 Å². The molecule has 0 radical (unpaired) electrons. The third kappa shape index (κ3) is 6.80. The van der Waals surface area contributed by atoms with E-state index in [0.29, 0.717) is 34.1 Å². The van der Waals surface area contributed by atoms with Gasteiger partial charge in [-0.15, -0.1) is 0 Å². The summed E-state index contributed by atoms with van der Waals surface area (Å²) in [5.41, 5.74) is -3.39. The van der Waals surface area contributed by atoms with Crippen molar-refractivity contribution in [3.05, 3.63) is 41.1 Å². The molecule has 1 amide bonds. The fraction of sp³-hybridized carbons (Fsp3) is 0.455. The minimum Gasteiger partial charge on any atom is -0.367 e. The summed E-state index contributed by atoms with van der Waals surface area (Å²) in [6.45, 7) is 7.82. The summed E-state index contributed by atoms with van der Waals surface area (Å²) < 4.78 is 80.0. The van der Waals surface area contributed by atoms with E-state index in [2.05, 4.69) is 25.7 Å². The Bertz CT molecular complexity index is 1210. The maximum absolute atomic E-state index is 13.1. The monoisotopic (exact) mass is 534 g/mol.